The van der Waals surface area contributed by atoms with Gasteiger partial charge >= 0.3 is 0 Å². The highest BCUT2D eigenvalue weighted by molar-refractivity contribution is 6.32. The van der Waals surface area contributed by atoms with Gasteiger partial charge in [-0.05, 0) is 38.4 Å². The van der Waals surface area contributed by atoms with E-state index in [9.17, 15) is 39.3 Å². The maximum absolute atomic E-state index is 14.0. The molecule has 10 heteroatoms. The molecule has 2 saturated carbocycles. The number of phenols is 1. The molecule has 9 unspecified atom stereocenters. The number of aliphatic hydroxyl groups is 2. The fraction of sp³-hybridized carbons (Fsp3) is 0.519. The molecule has 0 spiro atoms. The molecular formula is C27H30N2O8. The molecule has 0 radical (unpaired) electrons. The van der Waals surface area contributed by atoms with Gasteiger partial charge in [0.2, 0.25) is 5.91 Å². The van der Waals surface area contributed by atoms with Gasteiger partial charge in [0.25, 0.3) is 0 Å². The van der Waals surface area contributed by atoms with Crippen LogP contribution in [0.3, 0.4) is 0 Å². The summed E-state index contributed by atoms with van der Waals surface area (Å²) in [6.45, 7) is 1.70. The summed E-state index contributed by atoms with van der Waals surface area (Å²) in [5.74, 6) is -13.1. The fourth-order valence-corrected chi connectivity index (χ4v) is 7.20. The van der Waals surface area contributed by atoms with Crippen LogP contribution in [0.25, 0.3) is 0 Å². The molecular weight excluding hydrogens is 480 g/mol. The molecule has 37 heavy (non-hydrogen) atoms. The van der Waals surface area contributed by atoms with Crippen LogP contribution in [0.15, 0.2) is 24.3 Å². The van der Waals surface area contributed by atoms with E-state index in [-0.39, 0.29) is 17.2 Å². The zero-order chi connectivity index (χ0) is 27.1. The summed E-state index contributed by atoms with van der Waals surface area (Å²) >= 11 is 0. The molecule has 2 fully saturated rings. The second-order valence-corrected chi connectivity index (χ2v) is 10.9. The van der Waals surface area contributed by atoms with Crippen molar-refractivity contribution in [2.75, 3.05) is 14.1 Å². The van der Waals surface area contributed by atoms with Crippen LogP contribution in [0.4, 0.5) is 0 Å². The number of fused-ring (bicyclic) bond motifs is 3. The Morgan fingerprint density at radius 1 is 1.11 bits per heavy atom. The third-order valence-electron chi connectivity index (χ3n) is 8.93. The first kappa shape index (κ1) is 25.4. The lowest BCUT2D eigenvalue weighted by Gasteiger charge is -2.56. The number of carbonyl (C=O) groups excluding carboxylic acids is 5. The number of nitrogens with zero attached hydrogens (tertiary/aromatic N) is 1. The summed E-state index contributed by atoms with van der Waals surface area (Å²) in [6, 6.07) is 2.06. The van der Waals surface area contributed by atoms with Gasteiger partial charge in [-0.25, -0.2) is 0 Å². The van der Waals surface area contributed by atoms with Crippen molar-refractivity contribution in [3.63, 3.8) is 0 Å². The summed E-state index contributed by atoms with van der Waals surface area (Å²) in [6.07, 6.45) is 3.86. The van der Waals surface area contributed by atoms with Gasteiger partial charge in [-0.15, -0.1) is 0 Å². The first-order valence-corrected chi connectivity index (χ1v) is 12.4. The van der Waals surface area contributed by atoms with E-state index >= 15 is 0 Å². The van der Waals surface area contributed by atoms with E-state index in [0.717, 1.165) is 12.8 Å². The first-order chi connectivity index (χ1) is 17.3. The van der Waals surface area contributed by atoms with Crippen LogP contribution >= 0.6 is 0 Å². The standard InChI is InChI=1S/C27H30N2O8/c1-10-12-8-9-13(11-6-4-5-7-11)20(30)15(12)21(31)16-14(10)22(32)18-19(29(2)3)23(33)17(26(28)36)25(35)27(18,37)24(16)34/h4,6,8-11,14,16-19,22,30,32,37H,5,7H2,1-3H3,(H2,28,36). The number of aromatic hydroxyl groups is 1. The van der Waals surface area contributed by atoms with Gasteiger partial charge in [-0.3, -0.25) is 28.9 Å². The molecule has 5 rings (SSSR count). The number of amides is 1. The maximum Gasteiger partial charge on any atom is 0.235 e. The number of hydrogen-bond donors (Lipinski definition) is 4. The zero-order valence-electron chi connectivity index (χ0n) is 20.7. The molecule has 1 aromatic rings. The van der Waals surface area contributed by atoms with E-state index < -0.39 is 76.4 Å². The highest BCUT2D eigenvalue weighted by Crippen LogP contribution is 2.55. The van der Waals surface area contributed by atoms with Crippen LogP contribution in [-0.4, -0.2) is 81.1 Å². The summed E-state index contributed by atoms with van der Waals surface area (Å²) < 4.78 is 0. The van der Waals surface area contributed by atoms with E-state index in [1.807, 2.05) is 12.2 Å². The van der Waals surface area contributed by atoms with E-state index in [1.165, 1.54) is 19.0 Å². The zero-order valence-corrected chi connectivity index (χ0v) is 20.7. The molecule has 0 heterocycles. The maximum atomic E-state index is 14.0. The van der Waals surface area contributed by atoms with Crippen molar-refractivity contribution in [1.29, 1.82) is 0 Å². The summed E-state index contributed by atoms with van der Waals surface area (Å²) in [5.41, 5.74) is 3.24. The van der Waals surface area contributed by atoms with Crippen LogP contribution in [0.5, 0.6) is 5.75 Å². The lowest BCUT2D eigenvalue weighted by Crippen LogP contribution is -2.77. The Labute approximate surface area is 213 Å². The second kappa shape index (κ2) is 8.41. The van der Waals surface area contributed by atoms with E-state index in [4.69, 9.17) is 5.73 Å². The van der Waals surface area contributed by atoms with Crippen molar-refractivity contribution in [2.24, 2.45) is 29.4 Å². The Kier molecular flexibility index (Phi) is 5.78. The number of phenolic OH excluding ortho intramolecular Hbond substituents is 1. The molecule has 4 aliphatic rings. The lowest BCUT2D eigenvalue weighted by atomic mass is 9.49. The van der Waals surface area contributed by atoms with Crippen molar-refractivity contribution in [3.8, 4) is 5.75 Å². The first-order valence-electron chi connectivity index (χ1n) is 12.4. The average Bonchev–Trinajstić information content (AvgIpc) is 3.35. The molecule has 196 valence electrons. The minimum absolute atomic E-state index is 0.0657. The van der Waals surface area contributed by atoms with Gasteiger partial charge in [0.15, 0.2) is 34.7 Å². The highest BCUT2D eigenvalue weighted by Gasteiger charge is 2.72. The Morgan fingerprint density at radius 3 is 2.32 bits per heavy atom. The van der Waals surface area contributed by atoms with Crippen molar-refractivity contribution >= 4 is 29.0 Å². The number of Topliss-reactive ketones (excluding diaryl/α,β-unsaturated/α-hetero) is 4. The Bertz CT molecular complexity index is 1290. The molecule has 5 N–H and O–H groups in total. The van der Waals surface area contributed by atoms with Crippen LogP contribution in [0.2, 0.25) is 0 Å². The number of rotatable bonds is 3. The SMILES string of the molecule is CC1c2ccc(C3C=CCC3)c(O)c2C(=O)C2C(=O)C3(O)C(=O)C(C(N)=O)C(=O)C(N(C)C)C3C(O)C21. The van der Waals surface area contributed by atoms with E-state index in [1.54, 1.807) is 19.1 Å². The quantitative estimate of drug-likeness (QED) is 0.318. The summed E-state index contributed by atoms with van der Waals surface area (Å²) in [4.78, 5) is 67.8. The molecule has 4 aliphatic carbocycles. The number of primary amides is 1. The molecule has 0 saturated heterocycles. The number of allylic oxidation sites excluding steroid dienone is 2. The monoisotopic (exact) mass is 510 g/mol. The number of hydrogen-bond acceptors (Lipinski definition) is 9. The minimum atomic E-state index is -2.99. The van der Waals surface area contributed by atoms with Gasteiger partial charge in [0.1, 0.15) is 5.75 Å². The van der Waals surface area contributed by atoms with Crippen LogP contribution < -0.4 is 5.73 Å². The number of likely N-dealkylation sites (N-methyl/N-ethyl adjacent to an activating group) is 1. The van der Waals surface area contributed by atoms with E-state index in [0.29, 0.717) is 11.1 Å². The van der Waals surface area contributed by atoms with Crippen LogP contribution in [0, 0.1) is 23.7 Å². The molecule has 0 aliphatic heterocycles. The molecule has 1 amide bonds. The topological polar surface area (TPSA) is 175 Å². The van der Waals surface area contributed by atoms with Gasteiger partial charge in [0, 0.05) is 17.4 Å². The Hall–Kier alpha value is -3.21. The van der Waals surface area contributed by atoms with Crippen molar-refractivity contribution < 1.29 is 39.3 Å². The average molecular weight is 511 g/mol. The van der Waals surface area contributed by atoms with Crippen molar-refractivity contribution in [2.45, 2.75) is 49.3 Å². The summed E-state index contributed by atoms with van der Waals surface area (Å²) in [7, 11) is 2.92. The second-order valence-electron chi connectivity index (χ2n) is 10.9. The number of carbonyl (C=O) groups is 5. The third-order valence-corrected chi connectivity index (χ3v) is 8.93. The lowest BCUT2D eigenvalue weighted by molar-refractivity contribution is -0.196. The van der Waals surface area contributed by atoms with Gasteiger partial charge < -0.3 is 21.1 Å². The largest absolute Gasteiger partial charge is 0.507 e. The Balaban J connectivity index is 1.69. The smallest absolute Gasteiger partial charge is 0.235 e. The molecule has 0 aromatic heterocycles. The number of aliphatic hydroxyl groups excluding tert-OH is 1. The molecule has 9 atom stereocenters. The van der Waals surface area contributed by atoms with Gasteiger partial charge in [-0.2, -0.15) is 0 Å². The normalized spacial score (nSPS) is 39.0. The van der Waals surface area contributed by atoms with Crippen molar-refractivity contribution in [1.82, 2.24) is 4.90 Å². The Morgan fingerprint density at radius 2 is 1.76 bits per heavy atom. The van der Waals surface area contributed by atoms with Crippen LogP contribution in [-0.2, 0) is 19.2 Å². The summed E-state index contributed by atoms with van der Waals surface area (Å²) in [5, 5.41) is 34.4. The predicted molar refractivity (Wildman–Crippen MR) is 129 cm³/mol. The number of ketones is 4. The fourth-order valence-electron chi connectivity index (χ4n) is 7.20. The third kappa shape index (κ3) is 3.19. The highest BCUT2D eigenvalue weighted by atomic mass is 16.3. The minimum Gasteiger partial charge on any atom is -0.507 e. The van der Waals surface area contributed by atoms with E-state index in [2.05, 4.69) is 0 Å². The number of benzene rings is 1. The van der Waals surface area contributed by atoms with Crippen LogP contribution in [0.1, 0.15) is 53.1 Å². The van der Waals surface area contributed by atoms with Gasteiger partial charge in [0.05, 0.1) is 29.5 Å². The molecule has 0 bridgehead atoms. The molecule has 1 aromatic carbocycles. The van der Waals surface area contributed by atoms with Crippen molar-refractivity contribution in [3.05, 3.63) is 41.0 Å². The predicted octanol–water partition coefficient (Wildman–Crippen LogP) is -0.168. The number of nitrogens with two attached hydrogens (primary N) is 1. The molecule has 10 nitrogen and oxygen atoms in total. The van der Waals surface area contributed by atoms with Gasteiger partial charge in [-0.1, -0.05) is 31.2 Å².